The van der Waals surface area contributed by atoms with Crippen molar-refractivity contribution in [2.75, 3.05) is 23.7 Å². The van der Waals surface area contributed by atoms with Gasteiger partial charge in [-0.2, -0.15) is 0 Å². The van der Waals surface area contributed by atoms with Crippen LogP contribution >= 0.6 is 11.6 Å². The third-order valence-corrected chi connectivity index (χ3v) is 6.16. The van der Waals surface area contributed by atoms with Crippen LogP contribution in [0.5, 0.6) is 0 Å². The summed E-state index contributed by atoms with van der Waals surface area (Å²) in [5.74, 6) is -1.56. The predicted molar refractivity (Wildman–Crippen MR) is 123 cm³/mol. The van der Waals surface area contributed by atoms with Crippen LogP contribution in [0.4, 0.5) is 17.1 Å². The lowest BCUT2D eigenvalue weighted by Gasteiger charge is -2.16. The molecular formula is C23H21ClN4O5. The highest BCUT2D eigenvalue weighted by Crippen LogP contribution is 2.35. The molecule has 0 radical (unpaired) electrons. The number of nitro benzene ring substituents is 1. The third kappa shape index (κ3) is 4.58. The van der Waals surface area contributed by atoms with Gasteiger partial charge in [0.05, 0.1) is 27.5 Å². The zero-order valence-corrected chi connectivity index (χ0v) is 18.2. The van der Waals surface area contributed by atoms with E-state index in [1.807, 2.05) is 12.2 Å². The second-order valence-corrected chi connectivity index (χ2v) is 8.24. The van der Waals surface area contributed by atoms with Gasteiger partial charge in [-0.25, -0.2) is 0 Å². The van der Waals surface area contributed by atoms with Gasteiger partial charge in [-0.1, -0.05) is 35.9 Å². The minimum Gasteiger partial charge on any atom is -0.378 e. The van der Waals surface area contributed by atoms with Crippen LogP contribution in [0.15, 0.2) is 54.6 Å². The van der Waals surface area contributed by atoms with E-state index in [-0.39, 0.29) is 53.7 Å². The summed E-state index contributed by atoms with van der Waals surface area (Å²) in [5, 5.41) is 17.5. The van der Waals surface area contributed by atoms with Crippen LogP contribution in [0.1, 0.15) is 23.2 Å². The van der Waals surface area contributed by atoms with Crippen LogP contribution in [0, 0.1) is 22.0 Å². The fourth-order valence-corrected chi connectivity index (χ4v) is 4.31. The number of imide groups is 1. The first-order chi connectivity index (χ1) is 15.9. The quantitative estimate of drug-likeness (QED) is 0.275. The van der Waals surface area contributed by atoms with Gasteiger partial charge < -0.3 is 10.6 Å². The van der Waals surface area contributed by atoms with Crippen molar-refractivity contribution in [3.05, 3.63) is 75.3 Å². The Kier molecular flexibility index (Phi) is 6.41. The number of halogens is 1. The molecule has 0 unspecified atom stereocenters. The average Bonchev–Trinajstić information content (AvgIpc) is 3.05. The van der Waals surface area contributed by atoms with Crippen molar-refractivity contribution in [3.8, 4) is 0 Å². The van der Waals surface area contributed by atoms with E-state index in [0.29, 0.717) is 23.6 Å². The number of para-hydroxylation sites is 1. The summed E-state index contributed by atoms with van der Waals surface area (Å²) in [4.78, 5) is 49.8. The summed E-state index contributed by atoms with van der Waals surface area (Å²) in [5.41, 5.74) is 0.379. The largest absolute Gasteiger partial charge is 0.378 e. The van der Waals surface area contributed by atoms with E-state index in [0.717, 1.165) is 0 Å². The average molecular weight is 469 g/mol. The number of rotatable bonds is 7. The highest BCUT2D eigenvalue weighted by Gasteiger charge is 2.46. The first kappa shape index (κ1) is 22.5. The first-order valence-electron chi connectivity index (χ1n) is 10.4. The Labute approximate surface area is 194 Å². The summed E-state index contributed by atoms with van der Waals surface area (Å²) in [6.07, 6.45) is 4.95. The van der Waals surface area contributed by atoms with E-state index in [1.165, 1.54) is 23.1 Å². The smallest absolute Gasteiger partial charge is 0.293 e. The molecular weight excluding hydrogens is 448 g/mol. The number of allylic oxidation sites excluding steroid dienone is 2. The summed E-state index contributed by atoms with van der Waals surface area (Å²) in [6.45, 7) is 0.257. The molecule has 2 aliphatic rings. The number of benzene rings is 2. The topological polar surface area (TPSA) is 122 Å². The maximum absolute atomic E-state index is 12.5. The zero-order valence-electron chi connectivity index (χ0n) is 17.5. The molecule has 3 amide bonds. The standard InChI is InChI=1S/C23H21ClN4O5/c24-17-7-3-4-8-18(17)26-21(29)14-9-10-19(20(13-14)28(32)33)25-11-12-27-22(30)15-5-1-2-6-16(15)23(27)31/h1-4,7-10,13,15-16,25H,5-6,11-12H2,(H,26,29)/t15-,16-/m1/s1. The Morgan fingerprint density at radius 1 is 1.06 bits per heavy atom. The van der Waals surface area contributed by atoms with Gasteiger partial charge in [0, 0.05) is 24.7 Å². The van der Waals surface area contributed by atoms with E-state index >= 15 is 0 Å². The Balaban J connectivity index is 1.42. The lowest BCUT2D eigenvalue weighted by Crippen LogP contribution is -2.35. The van der Waals surface area contributed by atoms with Crippen LogP contribution in [-0.4, -0.2) is 40.6 Å². The molecule has 10 heteroatoms. The van der Waals surface area contributed by atoms with Crippen molar-refractivity contribution in [1.82, 2.24) is 4.90 Å². The van der Waals surface area contributed by atoms with Crippen LogP contribution in [-0.2, 0) is 9.59 Å². The van der Waals surface area contributed by atoms with E-state index in [2.05, 4.69) is 10.6 Å². The van der Waals surface area contributed by atoms with Crippen molar-refractivity contribution >= 4 is 46.4 Å². The van der Waals surface area contributed by atoms with E-state index < -0.39 is 10.8 Å². The van der Waals surface area contributed by atoms with E-state index in [1.54, 1.807) is 24.3 Å². The molecule has 170 valence electrons. The zero-order chi connectivity index (χ0) is 23.5. The summed E-state index contributed by atoms with van der Waals surface area (Å²) in [7, 11) is 0. The van der Waals surface area contributed by atoms with Crippen molar-refractivity contribution in [1.29, 1.82) is 0 Å². The number of carbonyl (C=O) groups is 3. The molecule has 4 rings (SSSR count). The number of hydrogen-bond donors (Lipinski definition) is 2. The molecule has 2 aromatic carbocycles. The molecule has 33 heavy (non-hydrogen) atoms. The van der Waals surface area contributed by atoms with Gasteiger partial charge in [-0.05, 0) is 37.1 Å². The van der Waals surface area contributed by atoms with Gasteiger partial charge in [0.15, 0.2) is 0 Å². The molecule has 2 atom stereocenters. The van der Waals surface area contributed by atoms with Crippen molar-refractivity contribution in [3.63, 3.8) is 0 Å². The number of amides is 3. The second-order valence-electron chi connectivity index (χ2n) is 7.83. The second kappa shape index (κ2) is 9.41. The maximum Gasteiger partial charge on any atom is 0.293 e. The fourth-order valence-electron chi connectivity index (χ4n) is 4.12. The molecule has 0 bridgehead atoms. The highest BCUT2D eigenvalue weighted by molar-refractivity contribution is 6.33. The molecule has 1 aliphatic carbocycles. The minimum absolute atomic E-state index is 0.0913. The lowest BCUT2D eigenvalue weighted by atomic mass is 9.85. The highest BCUT2D eigenvalue weighted by atomic mass is 35.5. The lowest BCUT2D eigenvalue weighted by molar-refractivity contribution is -0.384. The molecule has 0 aromatic heterocycles. The monoisotopic (exact) mass is 468 g/mol. The number of nitro groups is 1. The molecule has 9 nitrogen and oxygen atoms in total. The molecule has 1 saturated heterocycles. The number of anilines is 2. The Bertz CT molecular complexity index is 1140. The predicted octanol–water partition coefficient (Wildman–Crippen LogP) is 3.86. The number of fused-ring (bicyclic) bond motifs is 1. The van der Waals surface area contributed by atoms with Crippen molar-refractivity contribution < 1.29 is 19.3 Å². The van der Waals surface area contributed by atoms with Crippen LogP contribution < -0.4 is 10.6 Å². The van der Waals surface area contributed by atoms with E-state index in [4.69, 9.17) is 11.6 Å². The van der Waals surface area contributed by atoms with Gasteiger partial charge >= 0.3 is 0 Å². The van der Waals surface area contributed by atoms with Gasteiger partial charge in [0.2, 0.25) is 11.8 Å². The van der Waals surface area contributed by atoms with Gasteiger partial charge in [0.25, 0.3) is 11.6 Å². The van der Waals surface area contributed by atoms with Gasteiger partial charge in [-0.15, -0.1) is 0 Å². The van der Waals surface area contributed by atoms with Crippen molar-refractivity contribution in [2.45, 2.75) is 12.8 Å². The minimum atomic E-state index is -0.596. The number of nitrogens with one attached hydrogen (secondary N) is 2. The Morgan fingerprint density at radius 2 is 1.73 bits per heavy atom. The van der Waals surface area contributed by atoms with Gasteiger partial charge in [-0.3, -0.25) is 29.4 Å². The normalized spacial score (nSPS) is 19.4. The Morgan fingerprint density at radius 3 is 2.36 bits per heavy atom. The number of nitrogens with zero attached hydrogens (tertiary/aromatic N) is 2. The van der Waals surface area contributed by atoms with Crippen molar-refractivity contribution in [2.24, 2.45) is 11.8 Å². The molecule has 1 fully saturated rings. The Hall–Kier alpha value is -3.72. The van der Waals surface area contributed by atoms with Gasteiger partial charge in [0.1, 0.15) is 5.69 Å². The summed E-state index contributed by atoms with van der Waals surface area (Å²) >= 11 is 6.05. The molecule has 2 aromatic rings. The molecule has 0 saturated carbocycles. The molecule has 2 N–H and O–H groups in total. The van der Waals surface area contributed by atoms with Crippen LogP contribution in [0.2, 0.25) is 5.02 Å². The molecule has 1 aliphatic heterocycles. The number of hydrogen-bond acceptors (Lipinski definition) is 6. The molecule has 1 heterocycles. The summed E-state index contributed by atoms with van der Waals surface area (Å²) < 4.78 is 0. The SMILES string of the molecule is O=C(Nc1ccccc1Cl)c1ccc(NCCN2C(=O)[C@@H]3CC=CC[C@H]3C2=O)c([N+](=O)[O-])c1. The molecule has 0 spiro atoms. The fraction of sp³-hybridized carbons (Fsp3) is 0.261. The number of likely N-dealkylation sites (tertiary alicyclic amines) is 1. The summed E-state index contributed by atoms with van der Waals surface area (Å²) in [6, 6.07) is 10.7. The van der Waals surface area contributed by atoms with Crippen LogP contribution in [0.3, 0.4) is 0 Å². The first-order valence-corrected chi connectivity index (χ1v) is 10.8. The number of carbonyl (C=O) groups excluding carboxylic acids is 3. The van der Waals surface area contributed by atoms with Crippen LogP contribution in [0.25, 0.3) is 0 Å². The van der Waals surface area contributed by atoms with E-state index in [9.17, 15) is 24.5 Å². The maximum atomic E-state index is 12.5. The third-order valence-electron chi connectivity index (χ3n) is 5.83.